The highest BCUT2D eigenvalue weighted by atomic mass is 19.4. The average Bonchev–Trinajstić information content (AvgIpc) is 2.90. The highest BCUT2D eigenvalue weighted by molar-refractivity contribution is 5.88. The standard InChI is InChI=1S/C25H24F9N5O3/c1-4-39(22(40)38-19(24(29,30)31)5-6-23(26,27)28)21(25(32,33)34)16-11-14(18(42-3)12-37-16)13-9-15-20(17(10-13)41-2)36-8-7-35-15/h7-12,19,21H,4-6H2,1-3H3,(H,38,40)/t19-,21?/m0/s1. The summed E-state index contributed by atoms with van der Waals surface area (Å²) in [6, 6.07) is -3.96. The van der Waals surface area contributed by atoms with Gasteiger partial charge in [0.05, 0.1) is 31.6 Å². The molecule has 1 N–H and O–H groups in total. The van der Waals surface area contributed by atoms with Gasteiger partial charge in [-0.05, 0) is 37.1 Å². The van der Waals surface area contributed by atoms with Gasteiger partial charge in [-0.2, -0.15) is 39.5 Å². The number of nitrogens with one attached hydrogen (secondary N) is 1. The molecule has 2 atom stereocenters. The summed E-state index contributed by atoms with van der Waals surface area (Å²) in [6.07, 6.45) is -15.4. The third-order valence-corrected chi connectivity index (χ3v) is 6.09. The minimum Gasteiger partial charge on any atom is -0.494 e. The Balaban J connectivity index is 2.08. The number of ether oxygens (including phenoxy) is 2. The molecule has 0 radical (unpaired) electrons. The van der Waals surface area contributed by atoms with Crippen LogP contribution in [0, 0.1) is 0 Å². The summed E-state index contributed by atoms with van der Waals surface area (Å²) in [7, 11) is 2.56. The number of carbonyl (C=O) groups is 1. The number of benzene rings is 1. The monoisotopic (exact) mass is 613 g/mol. The Kier molecular flexibility index (Phi) is 9.62. The minimum atomic E-state index is -5.36. The molecule has 1 unspecified atom stereocenters. The second-order valence-corrected chi connectivity index (χ2v) is 8.84. The maximum Gasteiger partial charge on any atom is 0.414 e. The summed E-state index contributed by atoms with van der Waals surface area (Å²) in [4.78, 5) is 24.9. The van der Waals surface area contributed by atoms with Crippen LogP contribution in [-0.2, 0) is 0 Å². The first kappa shape index (κ1) is 32.5. The maximum atomic E-state index is 14.4. The smallest absolute Gasteiger partial charge is 0.414 e. The summed E-state index contributed by atoms with van der Waals surface area (Å²) >= 11 is 0. The number of fused-ring (bicyclic) bond motifs is 1. The Morgan fingerprint density at radius 1 is 0.905 bits per heavy atom. The number of pyridine rings is 1. The topological polar surface area (TPSA) is 89.5 Å². The molecule has 42 heavy (non-hydrogen) atoms. The molecule has 230 valence electrons. The molecule has 0 saturated heterocycles. The Labute approximate surface area is 232 Å². The molecule has 0 bridgehead atoms. The van der Waals surface area contributed by atoms with Crippen molar-refractivity contribution >= 4 is 17.1 Å². The lowest BCUT2D eigenvalue weighted by atomic mass is 10.0. The van der Waals surface area contributed by atoms with Crippen molar-refractivity contribution in [3.63, 3.8) is 0 Å². The summed E-state index contributed by atoms with van der Waals surface area (Å²) in [5.74, 6) is 0.219. The van der Waals surface area contributed by atoms with Gasteiger partial charge in [0, 0.05) is 30.9 Å². The molecule has 17 heteroatoms. The number of urea groups is 1. The maximum absolute atomic E-state index is 14.4. The van der Waals surface area contributed by atoms with Crippen LogP contribution in [0.3, 0.4) is 0 Å². The van der Waals surface area contributed by atoms with E-state index < -0.39 is 61.7 Å². The second kappa shape index (κ2) is 12.4. The average molecular weight is 613 g/mol. The van der Waals surface area contributed by atoms with Crippen molar-refractivity contribution in [2.45, 2.75) is 50.4 Å². The Morgan fingerprint density at radius 2 is 1.55 bits per heavy atom. The first-order chi connectivity index (χ1) is 19.5. The molecule has 0 aliphatic carbocycles. The summed E-state index contributed by atoms with van der Waals surface area (Å²) in [6.45, 7) is 0.288. The number of carbonyl (C=O) groups excluding carboxylic acids is 1. The predicted molar refractivity (Wildman–Crippen MR) is 131 cm³/mol. The van der Waals surface area contributed by atoms with Gasteiger partial charge >= 0.3 is 24.6 Å². The fourth-order valence-electron chi connectivity index (χ4n) is 4.16. The van der Waals surface area contributed by atoms with Gasteiger partial charge in [-0.1, -0.05) is 0 Å². The van der Waals surface area contributed by atoms with Crippen LogP contribution in [0.25, 0.3) is 22.2 Å². The molecule has 2 aromatic heterocycles. The summed E-state index contributed by atoms with van der Waals surface area (Å²) < 4.78 is 132. The van der Waals surface area contributed by atoms with Gasteiger partial charge in [0.15, 0.2) is 6.04 Å². The number of nitrogens with zero attached hydrogens (tertiary/aromatic N) is 4. The number of aromatic nitrogens is 3. The van der Waals surface area contributed by atoms with Gasteiger partial charge < -0.3 is 19.7 Å². The second-order valence-electron chi connectivity index (χ2n) is 8.84. The van der Waals surface area contributed by atoms with Gasteiger partial charge in [0.2, 0.25) is 0 Å². The lowest BCUT2D eigenvalue weighted by Gasteiger charge is -2.34. The molecule has 1 aromatic carbocycles. The van der Waals surface area contributed by atoms with Crippen LogP contribution >= 0.6 is 0 Å². The molecule has 3 rings (SSSR count). The lowest BCUT2D eigenvalue weighted by Crippen LogP contribution is -2.53. The first-order valence-electron chi connectivity index (χ1n) is 12.1. The van der Waals surface area contributed by atoms with E-state index in [1.54, 1.807) is 0 Å². The van der Waals surface area contributed by atoms with Gasteiger partial charge in [-0.15, -0.1) is 0 Å². The Bertz CT molecular complexity index is 1400. The zero-order chi connectivity index (χ0) is 31.5. The fraction of sp³-hybridized carbons (Fsp3) is 0.440. The van der Waals surface area contributed by atoms with Crippen LogP contribution in [0.5, 0.6) is 11.5 Å². The molecule has 2 amide bonds. The van der Waals surface area contributed by atoms with E-state index in [2.05, 4.69) is 15.0 Å². The van der Waals surface area contributed by atoms with E-state index in [9.17, 15) is 44.3 Å². The van der Waals surface area contributed by atoms with Crippen molar-refractivity contribution in [3.8, 4) is 22.6 Å². The number of methoxy groups -OCH3 is 2. The molecule has 3 aromatic rings. The van der Waals surface area contributed by atoms with Crippen LogP contribution in [0.2, 0.25) is 0 Å². The van der Waals surface area contributed by atoms with Gasteiger partial charge in [0.25, 0.3) is 0 Å². The number of rotatable bonds is 9. The fourth-order valence-corrected chi connectivity index (χ4v) is 4.16. The summed E-state index contributed by atoms with van der Waals surface area (Å²) in [5.41, 5.74) is 0.151. The highest BCUT2D eigenvalue weighted by Gasteiger charge is 2.49. The largest absolute Gasteiger partial charge is 0.494 e. The molecular weight excluding hydrogens is 589 g/mol. The lowest BCUT2D eigenvalue weighted by molar-refractivity contribution is -0.182. The van der Waals surface area contributed by atoms with Crippen molar-refractivity contribution < 1.29 is 53.8 Å². The van der Waals surface area contributed by atoms with E-state index >= 15 is 0 Å². The quantitative estimate of drug-likeness (QED) is 0.273. The highest BCUT2D eigenvalue weighted by Crippen LogP contribution is 2.41. The molecule has 0 aliphatic rings. The molecule has 2 heterocycles. The predicted octanol–water partition coefficient (Wildman–Crippen LogP) is 6.62. The third-order valence-electron chi connectivity index (χ3n) is 6.09. The van der Waals surface area contributed by atoms with Crippen LogP contribution < -0.4 is 14.8 Å². The number of amides is 2. The van der Waals surface area contributed by atoms with E-state index in [4.69, 9.17) is 9.47 Å². The molecule has 0 spiro atoms. The van der Waals surface area contributed by atoms with Gasteiger partial charge in [0.1, 0.15) is 23.1 Å². The van der Waals surface area contributed by atoms with Crippen molar-refractivity contribution in [3.05, 3.63) is 42.5 Å². The van der Waals surface area contributed by atoms with Crippen molar-refractivity contribution in [2.75, 3.05) is 20.8 Å². The molecule has 8 nitrogen and oxygen atoms in total. The Hall–Kier alpha value is -4.05. The molecule has 0 aliphatic heterocycles. The number of hydrogen-bond acceptors (Lipinski definition) is 6. The first-order valence-corrected chi connectivity index (χ1v) is 12.1. The van der Waals surface area contributed by atoms with E-state index in [0.717, 1.165) is 19.2 Å². The van der Waals surface area contributed by atoms with Crippen LogP contribution in [-0.4, -0.2) is 71.2 Å². The summed E-state index contributed by atoms with van der Waals surface area (Å²) in [5, 5.41) is 1.28. The Morgan fingerprint density at radius 3 is 2.10 bits per heavy atom. The number of halogens is 9. The SMILES string of the molecule is CCN(C(=O)N[C@@H](CCC(F)(F)F)C(F)(F)F)C(c1cc(-c2cc(OC)c3nccnc3c2)c(OC)cn1)C(F)(F)F. The van der Waals surface area contributed by atoms with Crippen LogP contribution in [0.4, 0.5) is 44.3 Å². The van der Waals surface area contributed by atoms with E-state index in [0.29, 0.717) is 11.0 Å². The molecule has 0 fully saturated rings. The van der Waals surface area contributed by atoms with Crippen molar-refractivity contribution in [2.24, 2.45) is 0 Å². The third kappa shape index (κ3) is 7.61. The van der Waals surface area contributed by atoms with E-state index in [-0.39, 0.29) is 27.5 Å². The van der Waals surface area contributed by atoms with E-state index in [1.165, 1.54) is 44.1 Å². The van der Waals surface area contributed by atoms with Gasteiger partial charge in [-0.3, -0.25) is 9.97 Å². The van der Waals surface area contributed by atoms with Crippen molar-refractivity contribution in [1.29, 1.82) is 0 Å². The van der Waals surface area contributed by atoms with Crippen molar-refractivity contribution in [1.82, 2.24) is 25.2 Å². The molecule has 0 saturated carbocycles. The number of alkyl halides is 9. The zero-order valence-corrected chi connectivity index (χ0v) is 22.2. The minimum absolute atomic E-state index is 0.00162. The molecular formula is C25H24F9N5O3. The van der Waals surface area contributed by atoms with Crippen LogP contribution in [0.15, 0.2) is 36.8 Å². The van der Waals surface area contributed by atoms with Gasteiger partial charge in [-0.25, -0.2) is 9.78 Å². The zero-order valence-electron chi connectivity index (χ0n) is 22.2. The van der Waals surface area contributed by atoms with E-state index in [1.807, 2.05) is 0 Å². The van der Waals surface area contributed by atoms with Crippen LogP contribution in [0.1, 0.15) is 31.5 Å². The number of hydrogen-bond donors (Lipinski definition) is 1. The normalized spacial score (nSPS) is 13.9.